The fourth-order valence-corrected chi connectivity index (χ4v) is 4.59. The second kappa shape index (κ2) is 13.8. The summed E-state index contributed by atoms with van der Waals surface area (Å²) in [6, 6.07) is 8.38. The molecule has 0 aromatic heterocycles. The molecule has 1 aliphatic carbocycles. The lowest BCUT2D eigenvalue weighted by atomic mass is 9.81. The van der Waals surface area contributed by atoms with Crippen LogP contribution in [-0.4, -0.2) is 17.7 Å². The zero-order valence-electron chi connectivity index (χ0n) is 20.6. The Hall–Kier alpha value is -1.51. The van der Waals surface area contributed by atoms with Gasteiger partial charge in [0.2, 0.25) is 0 Å². The minimum absolute atomic E-state index is 0.00435. The minimum atomic E-state index is -0.216. The molecule has 3 nitrogen and oxygen atoms in total. The van der Waals surface area contributed by atoms with E-state index in [0.717, 1.165) is 37.9 Å². The molecule has 0 unspecified atom stereocenters. The van der Waals surface area contributed by atoms with Crippen molar-refractivity contribution in [3.63, 3.8) is 0 Å². The lowest BCUT2D eigenvalue weighted by molar-refractivity contribution is -0.151. The number of unbranched alkanes of at least 4 members (excludes halogenated alkanes) is 8. The molecule has 3 heteroatoms. The van der Waals surface area contributed by atoms with E-state index >= 15 is 0 Å². The van der Waals surface area contributed by atoms with E-state index in [4.69, 9.17) is 9.47 Å². The van der Waals surface area contributed by atoms with Crippen molar-refractivity contribution in [2.45, 2.75) is 135 Å². The fourth-order valence-electron chi connectivity index (χ4n) is 4.59. The smallest absolute Gasteiger partial charge is 0.306 e. The highest BCUT2D eigenvalue weighted by atomic mass is 16.5. The van der Waals surface area contributed by atoms with Gasteiger partial charge in [-0.15, -0.1) is 0 Å². The first-order chi connectivity index (χ1) is 14.9. The number of hydrogen-bond acceptors (Lipinski definition) is 3. The normalized spacial score (nSPS) is 19.2. The maximum absolute atomic E-state index is 12.5. The van der Waals surface area contributed by atoms with Crippen LogP contribution in [0.15, 0.2) is 24.3 Å². The van der Waals surface area contributed by atoms with Crippen molar-refractivity contribution in [3.8, 4) is 5.75 Å². The third kappa shape index (κ3) is 10.6. The first kappa shape index (κ1) is 25.7. The summed E-state index contributed by atoms with van der Waals surface area (Å²) in [6.07, 6.45) is 16.3. The number of rotatable bonds is 13. The summed E-state index contributed by atoms with van der Waals surface area (Å²) in [4.78, 5) is 12.5. The number of carbonyl (C=O) groups excluding carboxylic acids is 1. The molecule has 1 aromatic rings. The molecule has 2 atom stereocenters. The van der Waals surface area contributed by atoms with E-state index in [-0.39, 0.29) is 23.6 Å². The topological polar surface area (TPSA) is 35.5 Å². The van der Waals surface area contributed by atoms with Crippen LogP contribution in [0, 0.1) is 0 Å². The van der Waals surface area contributed by atoms with Gasteiger partial charge < -0.3 is 9.47 Å². The Kier molecular flexibility index (Phi) is 11.5. The second-order valence-electron chi connectivity index (χ2n) is 10.3. The summed E-state index contributed by atoms with van der Waals surface area (Å²) in [7, 11) is 0. The van der Waals surface area contributed by atoms with Crippen molar-refractivity contribution < 1.29 is 14.3 Å². The van der Waals surface area contributed by atoms with Gasteiger partial charge in [-0.05, 0) is 64.2 Å². The Morgan fingerprint density at radius 3 is 2.26 bits per heavy atom. The highest BCUT2D eigenvalue weighted by Gasteiger charge is 2.30. The molecule has 31 heavy (non-hydrogen) atoms. The van der Waals surface area contributed by atoms with Crippen LogP contribution in [0.3, 0.4) is 0 Å². The van der Waals surface area contributed by atoms with Crippen LogP contribution >= 0.6 is 0 Å². The standard InChI is InChI=1S/C28H46O3/c1-5-6-7-8-9-10-11-12-13-21-27(29)30-26-20-15-14-19-25(26)23-17-16-18-24(22-23)31-28(2,3)4/h16-18,22,25-26H,5-15,19-21H2,1-4H3/t25-,26+/m1/s1. The van der Waals surface area contributed by atoms with Gasteiger partial charge in [0.15, 0.2) is 0 Å². The molecule has 0 radical (unpaired) electrons. The lowest BCUT2D eigenvalue weighted by Crippen LogP contribution is -2.29. The first-order valence-electron chi connectivity index (χ1n) is 12.9. The Balaban J connectivity index is 1.76. The summed E-state index contributed by atoms with van der Waals surface area (Å²) in [5.41, 5.74) is 1.02. The van der Waals surface area contributed by atoms with Gasteiger partial charge in [-0.2, -0.15) is 0 Å². The van der Waals surface area contributed by atoms with Gasteiger partial charge in [0.25, 0.3) is 0 Å². The van der Waals surface area contributed by atoms with Crippen molar-refractivity contribution in [2.75, 3.05) is 0 Å². The quantitative estimate of drug-likeness (QED) is 0.233. The second-order valence-corrected chi connectivity index (χ2v) is 10.3. The van der Waals surface area contributed by atoms with E-state index in [9.17, 15) is 4.79 Å². The van der Waals surface area contributed by atoms with E-state index in [1.807, 2.05) is 6.07 Å². The predicted molar refractivity (Wildman–Crippen MR) is 130 cm³/mol. The molecule has 1 fully saturated rings. The molecule has 0 saturated heterocycles. The van der Waals surface area contributed by atoms with Crippen LogP contribution in [0.2, 0.25) is 0 Å². The average molecular weight is 431 g/mol. The lowest BCUT2D eigenvalue weighted by Gasteiger charge is -2.32. The summed E-state index contributed by atoms with van der Waals surface area (Å²) in [6.45, 7) is 8.46. The molecular formula is C28H46O3. The zero-order valence-corrected chi connectivity index (χ0v) is 20.6. The van der Waals surface area contributed by atoms with Crippen LogP contribution in [0.25, 0.3) is 0 Å². The van der Waals surface area contributed by atoms with E-state index in [2.05, 4.69) is 45.9 Å². The minimum Gasteiger partial charge on any atom is -0.488 e. The van der Waals surface area contributed by atoms with Gasteiger partial charge >= 0.3 is 5.97 Å². The van der Waals surface area contributed by atoms with Crippen LogP contribution in [-0.2, 0) is 9.53 Å². The van der Waals surface area contributed by atoms with Crippen LogP contribution in [0.4, 0.5) is 0 Å². The van der Waals surface area contributed by atoms with E-state index in [1.54, 1.807) is 0 Å². The van der Waals surface area contributed by atoms with Crippen molar-refractivity contribution in [3.05, 3.63) is 29.8 Å². The van der Waals surface area contributed by atoms with Crippen LogP contribution in [0.1, 0.15) is 129 Å². The molecule has 1 aromatic carbocycles. The fraction of sp³-hybridized carbons (Fsp3) is 0.750. The Labute approximate surface area is 191 Å². The average Bonchev–Trinajstić information content (AvgIpc) is 2.72. The first-order valence-corrected chi connectivity index (χ1v) is 12.9. The molecule has 176 valence electrons. The monoisotopic (exact) mass is 430 g/mol. The van der Waals surface area contributed by atoms with Gasteiger partial charge in [-0.1, -0.05) is 76.8 Å². The molecule has 0 heterocycles. The molecule has 0 aliphatic heterocycles. The van der Waals surface area contributed by atoms with Gasteiger partial charge in [-0.25, -0.2) is 0 Å². The van der Waals surface area contributed by atoms with Crippen molar-refractivity contribution in [1.82, 2.24) is 0 Å². The van der Waals surface area contributed by atoms with Gasteiger partial charge in [0.1, 0.15) is 17.5 Å². The number of ether oxygens (including phenoxy) is 2. The van der Waals surface area contributed by atoms with Crippen molar-refractivity contribution >= 4 is 5.97 Å². The maximum Gasteiger partial charge on any atom is 0.306 e. The highest BCUT2D eigenvalue weighted by Crippen LogP contribution is 2.37. The Morgan fingerprint density at radius 2 is 1.58 bits per heavy atom. The van der Waals surface area contributed by atoms with Crippen molar-refractivity contribution in [2.24, 2.45) is 0 Å². The van der Waals surface area contributed by atoms with Crippen LogP contribution < -0.4 is 4.74 Å². The Morgan fingerprint density at radius 1 is 0.935 bits per heavy atom. The summed E-state index contributed by atoms with van der Waals surface area (Å²) >= 11 is 0. The van der Waals surface area contributed by atoms with E-state index < -0.39 is 0 Å². The number of hydrogen-bond donors (Lipinski definition) is 0. The molecule has 0 N–H and O–H groups in total. The van der Waals surface area contributed by atoms with Crippen molar-refractivity contribution in [1.29, 1.82) is 0 Å². The Bertz CT molecular complexity index is 631. The summed E-state index contributed by atoms with van der Waals surface area (Å²) < 4.78 is 12.0. The summed E-state index contributed by atoms with van der Waals surface area (Å²) in [5, 5.41) is 0. The molecule has 0 amide bonds. The van der Waals surface area contributed by atoms with Crippen LogP contribution in [0.5, 0.6) is 5.75 Å². The number of carbonyl (C=O) groups is 1. The SMILES string of the molecule is CCCCCCCCCCCC(=O)O[C@H]1CCCC[C@@H]1c1cccc(OC(C)(C)C)c1. The highest BCUT2D eigenvalue weighted by molar-refractivity contribution is 5.69. The van der Waals surface area contributed by atoms with E-state index in [1.165, 1.54) is 56.9 Å². The molecule has 1 aliphatic rings. The molecule has 0 bridgehead atoms. The number of esters is 1. The summed E-state index contributed by atoms with van der Waals surface area (Å²) in [5.74, 6) is 1.17. The van der Waals surface area contributed by atoms with Gasteiger partial charge in [-0.3, -0.25) is 4.79 Å². The van der Waals surface area contributed by atoms with Gasteiger partial charge in [0.05, 0.1) is 0 Å². The maximum atomic E-state index is 12.5. The third-order valence-corrected chi connectivity index (χ3v) is 6.18. The van der Waals surface area contributed by atoms with E-state index in [0.29, 0.717) is 6.42 Å². The molecule has 2 rings (SSSR count). The molecular weight excluding hydrogens is 384 g/mol. The molecule has 1 saturated carbocycles. The number of benzene rings is 1. The third-order valence-electron chi connectivity index (χ3n) is 6.18. The zero-order chi connectivity index (χ0) is 22.5. The largest absolute Gasteiger partial charge is 0.488 e. The predicted octanol–water partition coefficient (Wildman–Crippen LogP) is 8.35. The van der Waals surface area contributed by atoms with Gasteiger partial charge in [0, 0.05) is 12.3 Å². The molecule has 0 spiro atoms.